The Morgan fingerprint density at radius 3 is 3.23 bits per heavy atom. The maximum Gasteiger partial charge on any atom is 0.0427 e. The average Bonchev–Trinajstić information content (AvgIpc) is 2.56. The van der Waals surface area contributed by atoms with E-state index in [9.17, 15) is 0 Å². The number of hydrogen-bond donors (Lipinski definition) is 1. The van der Waals surface area contributed by atoms with E-state index in [4.69, 9.17) is 0 Å². The maximum absolute atomic E-state index is 3.58. The van der Waals surface area contributed by atoms with E-state index in [0.29, 0.717) is 6.04 Å². The van der Waals surface area contributed by atoms with Gasteiger partial charge in [0.05, 0.1) is 0 Å². The standard InChI is InChI=1S/C10H16N2S/c1-12-6-4-9(11-5-7-12)10-3-2-8-13-10/h2-3,8-9,11H,4-7H2,1H3. The highest BCUT2D eigenvalue weighted by Gasteiger charge is 2.15. The van der Waals surface area contributed by atoms with E-state index in [2.05, 4.69) is 34.8 Å². The Labute approximate surface area is 83.6 Å². The minimum Gasteiger partial charge on any atom is -0.308 e. The van der Waals surface area contributed by atoms with Gasteiger partial charge in [0, 0.05) is 24.0 Å². The molecule has 1 aliphatic heterocycles. The molecule has 0 amide bonds. The number of likely N-dealkylation sites (N-methyl/N-ethyl adjacent to an activating group) is 1. The summed E-state index contributed by atoms with van der Waals surface area (Å²) in [6, 6.07) is 4.95. The summed E-state index contributed by atoms with van der Waals surface area (Å²) < 4.78 is 0. The molecule has 1 aromatic heterocycles. The van der Waals surface area contributed by atoms with Crippen molar-refractivity contribution in [2.45, 2.75) is 12.5 Å². The normalized spacial score (nSPS) is 25.8. The van der Waals surface area contributed by atoms with Crippen LogP contribution in [-0.2, 0) is 0 Å². The van der Waals surface area contributed by atoms with Gasteiger partial charge in [-0.3, -0.25) is 0 Å². The lowest BCUT2D eigenvalue weighted by atomic mass is 10.2. The van der Waals surface area contributed by atoms with Crippen LogP contribution >= 0.6 is 11.3 Å². The van der Waals surface area contributed by atoms with Crippen LogP contribution in [0.1, 0.15) is 17.3 Å². The zero-order valence-corrected chi connectivity index (χ0v) is 8.81. The van der Waals surface area contributed by atoms with Crippen molar-refractivity contribution in [1.82, 2.24) is 10.2 Å². The van der Waals surface area contributed by atoms with Gasteiger partial charge in [-0.05, 0) is 31.5 Å². The fourth-order valence-electron chi connectivity index (χ4n) is 1.73. The maximum atomic E-state index is 3.58. The Kier molecular flexibility index (Phi) is 2.98. The summed E-state index contributed by atoms with van der Waals surface area (Å²) in [6.07, 6.45) is 1.23. The molecule has 3 heteroatoms. The van der Waals surface area contributed by atoms with Crippen LogP contribution in [-0.4, -0.2) is 31.6 Å². The summed E-state index contributed by atoms with van der Waals surface area (Å²) in [6.45, 7) is 3.48. The molecule has 2 rings (SSSR count). The molecular formula is C10H16N2S. The summed E-state index contributed by atoms with van der Waals surface area (Å²) in [5, 5.41) is 5.74. The monoisotopic (exact) mass is 196 g/mol. The van der Waals surface area contributed by atoms with Crippen molar-refractivity contribution in [3.63, 3.8) is 0 Å². The third kappa shape index (κ3) is 2.30. The molecule has 1 saturated heterocycles. The van der Waals surface area contributed by atoms with Crippen LogP contribution in [0.15, 0.2) is 17.5 Å². The van der Waals surface area contributed by atoms with Gasteiger partial charge in [0.2, 0.25) is 0 Å². The summed E-state index contributed by atoms with van der Waals surface area (Å²) in [5.41, 5.74) is 0. The zero-order valence-electron chi connectivity index (χ0n) is 7.99. The molecule has 2 heterocycles. The minimum absolute atomic E-state index is 0.588. The van der Waals surface area contributed by atoms with Gasteiger partial charge in [-0.15, -0.1) is 11.3 Å². The lowest BCUT2D eigenvalue weighted by molar-refractivity contribution is 0.355. The minimum atomic E-state index is 0.588. The Morgan fingerprint density at radius 2 is 2.46 bits per heavy atom. The second-order valence-corrected chi connectivity index (χ2v) is 4.59. The molecule has 1 aliphatic rings. The van der Waals surface area contributed by atoms with E-state index in [1.54, 1.807) is 0 Å². The molecule has 2 nitrogen and oxygen atoms in total. The molecule has 1 unspecified atom stereocenters. The summed E-state index contributed by atoms with van der Waals surface area (Å²) in [7, 11) is 2.19. The molecule has 0 saturated carbocycles. The Bertz CT molecular complexity index is 245. The number of rotatable bonds is 1. The summed E-state index contributed by atoms with van der Waals surface area (Å²) >= 11 is 1.86. The van der Waals surface area contributed by atoms with E-state index >= 15 is 0 Å². The molecule has 1 fully saturated rings. The van der Waals surface area contributed by atoms with Crippen molar-refractivity contribution in [3.8, 4) is 0 Å². The first-order chi connectivity index (χ1) is 6.36. The smallest absolute Gasteiger partial charge is 0.0427 e. The predicted molar refractivity (Wildman–Crippen MR) is 57.2 cm³/mol. The van der Waals surface area contributed by atoms with Crippen molar-refractivity contribution in [2.24, 2.45) is 0 Å². The van der Waals surface area contributed by atoms with Crippen molar-refractivity contribution < 1.29 is 0 Å². The van der Waals surface area contributed by atoms with Crippen molar-refractivity contribution in [3.05, 3.63) is 22.4 Å². The SMILES string of the molecule is CN1CCNC(c2cccs2)CC1. The van der Waals surface area contributed by atoms with Crippen LogP contribution in [0.3, 0.4) is 0 Å². The first-order valence-corrected chi connectivity index (χ1v) is 5.69. The van der Waals surface area contributed by atoms with Gasteiger partial charge >= 0.3 is 0 Å². The van der Waals surface area contributed by atoms with Crippen LogP contribution in [0.25, 0.3) is 0 Å². The molecule has 0 spiro atoms. The van der Waals surface area contributed by atoms with Crippen molar-refractivity contribution in [1.29, 1.82) is 0 Å². The highest BCUT2D eigenvalue weighted by atomic mass is 32.1. The van der Waals surface area contributed by atoms with Crippen LogP contribution in [0.4, 0.5) is 0 Å². The van der Waals surface area contributed by atoms with Gasteiger partial charge in [-0.1, -0.05) is 6.07 Å². The second kappa shape index (κ2) is 4.22. The van der Waals surface area contributed by atoms with Gasteiger partial charge in [0.25, 0.3) is 0 Å². The molecule has 1 aromatic rings. The highest BCUT2D eigenvalue weighted by molar-refractivity contribution is 7.10. The molecule has 72 valence electrons. The second-order valence-electron chi connectivity index (χ2n) is 3.61. The first kappa shape index (κ1) is 9.19. The van der Waals surface area contributed by atoms with Gasteiger partial charge < -0.3 is 10.2 Å². The number of thiophene rings is 1. The van der Waals surface area contributed by atoms with E-state index < -0.39 is 0 Å². The highest BCUT2D eigenvalue weighted by Crippen LogP contribution is 2.22. The summed E-state index contributed by atoms with van der Waals surface area (Å²) in [5.74, 6) is 0. The molecule has 13 heavy (non-hydrogen) atoms. The fourth-order valence-corrected chi connectivity index (χ4v) is 2.56. The van der Waals surface area contributed by atoms with Crippen LogP contribution in [0.5, 0.6) is 0 Å². The lowest BCUT2D eigenvalue weighted by Crippen LogP contribution is -2.24. The van der Waals surface area contributed by atoms with Crippen molar-refractivity contribution in [2.75, 3.05) is 26.7 Å². The third-order valence-corrected chi connectivity index (χ3v) is 3.56. The lowest BCUT2D eigenvalue weighted by Gasteiger charge is -2.13. The molecule has 1 N–H and O–H groups in total. The largest absolute Gasteiger partial charge is 0.308 e. The Hall–Kier alpha value is -0.380. The third-order valence-electron chi connectivity index (χ3n) is 2.57. The average molecular weight is 196 g/mol. The van der Waals surface area contributed by atoms with E-state index in [1.165, 1.54) is 24.4 Å². The molecule has 0 radical (unpaired) electrons. The van der Waals surface area contributed by atoms with E-state index in [1.807, 2.05) is 11.3 Å². The first-order valence-electron chi connectivity index (χ1n) is 4.81. The quantitative estimate of drug-likeness (QED) is 0.735. The Morgan fingerprint density at radius 1 is 1.54 bits per heavy atom. The number of nitrogens with zero attached hydrogens (tertiary/aromatic N) is 1. The zero-order chi connectivity index (χ0) is 9.10. The van der Waals surface area contributed by atoms with Gasteiger partial charge in [0.15, 0.2) is 0 Å². The molecule has 0 bridgehead atoms. The van der Waals surface area contributed by atoms with Gasteiger partial charge in [-0.2, -0.15) is 0 Å². The molecule has 1 atom stereocenters. The summed E-state index contributed by atoms with van der Waals surface area (Å²) in [4.78, 5) is 3.87. The topological polar surface area (TPSA) is 15.3 Å². The van der Waals surface area contributed by atoms with Gasteiger partial charge in [0.1, 0.15) is 0 Å². The predicted octanol–water partition coefficient (Wildman–Crippen LogP) is 1.71. The van der Waals surface area contributed by atoms with Gasteiger partial charge in [-0.25, -0.2) is 0 Å². The van der Waals surface area contributed by atoms with Crippen LogP contribution in [0, 0.1) is 0 Å². The number of hydrogen-bond acceptors (Lipinski definition) is 3. The molecule has 0 aliphatic carbocycles. The molecular weight excluding hydrogens is 180 g/mol. The Balaban J connectivity index is 2.00. The van der Waals surface area contributed by atoms with Crippen LogP contribution < -0.4 is 5.32 Å². The van der Waals surface area contributed by atoms with Crippen LogP contribution in [0.2, 0.25) is 0 Å². The number of nitrogens with one attached hydrogen (secondary N) is 1. The van der Waals surface area contributed by atoms with Crippen molar-refractivity contribution >= 4 is 11.3 Å². The van der Waals surface area contributed by atoms with E-state index in [0.717, 1.165) is 6.54 Å². The molecule has 0 aromatic carbocycles. The van der Waals surface area contributed by atoms with E-state index in [-0.39, 0.29) is 0 Å². The fraction of sp³-hybridized carbons (Fsp3) is 0.600.